The van der Waals surface area contributed by atoms with Gasteiger partial charge < -0.3 is 13.8 Å². The number of hydrogen-bond acceptors (Lipinski definition) is 5. The van der Waals surface area contributed by atoms with Gasteiger partial charge in [0.2, 0.25) is 5.82 Å². The minimum atomic E-state index is -4.68. The van der Waals surface area contributed by atoms with Gasteiger partial charge in [-0.3, -0.25) is 0 Å². The molecule has 0 N–H and O–H groups in total. The fraction of sp³-hybridized carbons (Fsp3) is 0.214. The van der Waals surface area contributed by atoms with E-state index in [-0.39, 0.29) is 5.82 Å². The van der Waals surface area contributed by atoms with Crippen LogP contribution in [0.15, 0.2) is 39.8 Å². The lowest BCUT2D eigenvalue weighted by molar-refractivity contribution is -0.159. The molecule has 0 saturated carbocycles. The van der Waals surface area contributed by atoms with Crippen LogP contribution >= 0.6 is 15.9 Å². The highest BCUT2D eigenvalue weighted by Gasteiger charge is 2.38. The van der Waals surface area contributed by atoms with Crippen molar-refractivity contribution in [3.8, 4) is 17.1 Å². The molecule has 1 aromatic carbocycles. The van der Waals surface area contributed by atoms with Gasteiger partial charge in [-0.1, -0.05) is 17.3 Å². The van der Waals surface area contributed by atoms with Crippen molar-refractivity contribution >= 4 is 15.9 Å². The average molecular weight is 403 g/mol. The van der Waals surface area contributed by atoms with Gasteiger partial charge in [-0.25, -0.2) is 4.98 Å². The van der Waals surface area contributed by atoms with Crippen LogP contribution in [-0.4, -0.2) is 26.8 Å². The molecular weight excluding hydrogens is 393 g/mol. The molecule has 0 fully saturated rings. The van der Waals surface area contributed by atoms with Crippen LogP contribution in [0.2, 0.25) is 0 Å². The van der Waals surface area contributed by atoms with E-state index in [0.29, 0.717) is 22.5 Å². The predicted octanol–water partition coefficient (Wildman–Crippen LogP) is 3.77. The van der Waals surface area contributed by atoms with Gasteiger partial charge in [-0.15, -0.1) is 0 Å². The molecular formula is C14H10BrF3N4O2. The van der Waals surface area contributed by atoms with Crippen LogP contribution in [0.3, 0.4) is 0 Å². The Hall–Kier alpha value is -2.36. The van der Waals surface area contributed by atoms with E-state index in [1.165, 1.54) is 7.11 Å². The summed E-state index contributed by atoms with van der Waals surface area (Å²) < 4.78 is 49.7. The van der Waals surface area contributed by atoms with E-state index < -0.39 is 12.1 Å². The summed E-state index contributed by atoms with van der Waals surface area (Å²) in [5.41, 5.74) is 1.19. The quantitative estimate of drug-likeness (QED) is 0.664. The number of methoxy groups -OCH3 is 1. The molecule has 3 aromatic rings. The van der Waals surface area contributed by atoms with E-state index in [9.17, 15) is 13.2 Å². The van der Waals surface area contributed by atoms with Crippen molar-refractivity contribution in [2.75, 3.05) is 7.11 Å². The summed E-state index contributed by atoms with van der Waals surface area (Å²) in [4.78, 5) is 7.42. The molecule has 0 amide bonds. The molecule has 0 saturated heterocycles. The normalized spacial score (nSPS) is 11.7. The lowest BCUT2D eigenvalue weighted by Gasteiger charge is -2.10. The van der Waals surface area contributed by atoms with Crippen LogP contribution in [0, 0.1) is 0 Å². The van der Waals surface area contributed by atoms with Gasteiger partial charge in [0.25, 0.3) is 0 Å². The molecule has 10 heteroatoms. The zero-order valence-electron chi connectivity index (χ0n) is 12.2. The average Bonchev–Trinajstić information content (AvgIpc) is 3.16. The van der Waals surface area contributed by atoms with Crippen LogP contribution in [0.5, 0.6) is 5.75 Å². The fourth-order valence-electron chi connectivity index (χ4n) is 2.09. The predicted molar refractivity (Wildman–Crippen MR) is 80.3 cm³/mol. The van der Waals surface area contributed by atoms with Gasteiger partial charge in [0.05, 0.1) is 20.0 Å². The summed E-state index contributed by atoms with van der Waals surface area (Å²) in [5.74, 6) is -1.04. The Kier molecular flexibility index (Phi) is 4.31. The Morgan fingerprint density at radius 3 is 2.71 bits per heavy atom. The number of rotatable bonds is 4. The van der Waals surface area contributed by atoms with Crippen molar-refractivity contribution in [3.63, 3.8) is 0 Å². The molecule has 6 nitrogen and oxygen atoms in total. The highest BCUT2D eigenvalue weighted by molar-refractivity contribution is 9.10. The maximum absolute atomic E-state index is 12.5. The number of aromatic nitrogens is 4. The highest BCUT2D eigenvalue weighted by atomic mass is 79.9. The van der Waals surface area contributed by atoms with Crippen molar-refractivity contribution in [2.45, 2.75) is 12.7 Å². The molecule has 0 bridgehead atoms. The van der Waals surface area contributed by atoms with Crippen molar-refractivity contribution < 1.29 is 22.4 Å². The molecule has 2 aromatic heterocycles. The van der Waals surface area contributed by atoms with Crippen LogP contribution in [0.25, 0.3) is 11.4 Å². The minimum Gasteiger partial charge on any atom is -0.496 e. The van der Waals surface area contributed by atoms with Gasteiger partial charge in [0, 0.05) is 17.3 Å². The first-order valence-corrected chi connectivity index (χ1v) is 7.41. The summed E-state index contributed by atoms with van der Waals surface area (Å²) in [6.07, 6.45) is -1.24. The highest BCUT2D eigenvalue weighted by Crippen LogP contribution is 2.31. The second kappa shape index (κ2) is 6.27. The molecule has 0 aliphatic heterocycles. The van der Waals surface area contributed by atoms with E-state index in [2.05, 4.69) is 35.6 Å². The van der Waals surface area contributed by atoms with Gasteiger partial charge in [0.1, 0.15) is 10.4 Å². The number of nitrogens with zero attached hydrogens (tertiary/aromatic N) is 4. The van der Waals surface area contributed by atoms with Crippen molar-refractivity contribution in [1.82, 2.24) is 19.7 Å². The molecule has 0 unspecified atom stereocenters. The zero-order chi connectivity index (χ0) is 17.3. The second-order valence-electron chi connectivity index (χ2n) is 4.82. The first-order valence-electron chi connectivity index (χ1n) is 6.62. The van der Waals surface area contributed by atoms with Gasteiger partial charge >= 0.3 is 12.1 Å². The number of benzene rings is 1. The minimum absolute atomic E-state index is 0.155. The zero-order valence-corrected chi connectivity index (χ0v) is 13.8. The summed E-state index contributed by atoms with van der Waals surface area (Å²) in [7, 11) is 1.48. The van der Waals surface area contributed by atoms with Gasteiger partial charge in [-0.2, -0.15) is 18.2 Å². The summed E-state index contributed by atoms with van der Waals surface area (Å²) in [6.45, 7) is 0.488. The molecule has 3 rings (SSSR count). The number of hydrogen-bond donors (Lipinski definition) is 0. The topological polar surface area (TPSA) is 66.0 Å². The number of alkyl halides is 3. The van der Waals surface area contributed by atoms with Gasteiger partial charge in [-0.05, 0) is 22.0 Å². The van der Waals surface area contributed by atoms with E-state index >= 15 is 0 Å². The smallest absolute Gasteiger partial charge is 0.471 e. The van der Waals surface area contributed by atoms with Crippen molar-refractivity contribution in [1.29, 1.82) is 0 Å². The summed E-state index contributed by atoms with van der Waals surface area (Å²) >= 11 is 3.26. The lowest BCUT2D eigenvalue weighted by Crippen LogP contribution is -2.04. The largest absolute Gasteiger partial charge is 0.496 e. The monoisotopic (exact) mass is 402 g/mol. The maximum atomic E-state index is 12.5. The van der Waals surface area contributed by atoms with E-state index in [4.69, 9.17) is 4.74 Å². The molecule has 2 heterocycles. The molecule has 0 spiro atoms. The van der Waals surface area contributed by atoms with E-state index in [0.717, 1.165) is 5.56 Å². The van der Waals surface area contributed by atoms with Crippen LogP contribution in [0.4, 0.5) is 13.2 Å². The van der Waals surface area contributed by atoms with Crippen LogP contribution in [0.1, 0.15) is 11.5 Å². The van der Waals surface area contributed by atoms with E-state index in [1.54, 1.807) is 30.7 Å². The van der Waals surface area contributed by atoms with Crippen LogP contribution in [-0.2, 0) is 12.7 Å². The van der Waals surface area contributed by atoms with Crippen molar-refractivity contribution in [3.05, 3.63) is 46.8 Å². The Morgan fingerprint density at radius 2 is 2.12 bits per heavy atom. The maximum Gasteiger partial charge on any atom is 0.471 e. The van der Waals surface area contributed by atoms with Crippen LogP contribution < -0.4 is 4.74 Å². The number of imidazole rings is 1. The standard InChI is InChI=1S/C14H10BrF3N4O2/c1-23-10-4-8(12-20-13(24-21-12)14(16,17)18)2-3-9(10)5-22-6-11(15)19-7-22/h2-4,6-7H,5H2,1H3. The number of halogens is 4. The Labute approximate surface area is 142 Å². The van der Waals surface area contributed by atoms with Crippen molar-refractivity contribution in [2.24, 2.45) is 0 Å². The molecule has 0 radical (unpaired) electrons. The third-order valence-electron chi connectivity index (χ3n) is 3.17. The Morgan fingerprint density at radius 1 is 1.33 bits per heavy atom. The second-order valence-corrected chi connectivity index (χ2v) is 5.63. The molecule has 24 heavy (non-hydrogen) atoms. The Balaban J connectivity index is 1.90. The molecule has 126 valence electrons. The number of ether oxygens (including phenoxy) is 1. The van der Waals surface area contributed by atoms with Gasteiger partial charge in [0.15, 0.2) is 0 Å². The SMILES string of the molecule is COc1cc(-c2noc(C(F)(F)F)n2)ccc1Cn1cnc(Br)c1. The molecule has 0 atom stereocenters. The third-order valence-corrected chi connectivity index (χ3v) is 3.58. The van der Waals surface area contributed by atoms with E-state index in [1.807, 2.05) is 4.57 Å². The molecule has 0 aliphatic rings. The summed E-state index contributed by atoms with van der Waals surface area (Å²) in [6, 6.07) is 4.90. The molecule has 0 aliphatic carbocycles. The Bertz CT molecular complexity index is 860. The first kappa shape index (κ1) is 16.5. The first-order chi connectivity index (χ1) is 11.4. The third kappa shape index (κ3) is 3.42. The fourth-order valence-corrected chi connectivity index (χ4v) is 2.44. The summed E-state index contributed by atoms with van der Waals surface area (Å²) in [5, 5.41) is 3.36. The lowest BCUT2D eigenvalue weighted by atomic mass is 10.1.